The number of anilines is 2. The predicted molar refractivity (Wildman–Crippen MR) is 135 cm³/mol. The van der Waals surface area contributed by atoms with Gasteiger partial charge < -0.3 is 20.2 Å². The fourth-order valence-corrected chi connectivity index (χ4v) is 4.85. The predicted octanol–water partition coefficient (Wildman–Crippen LogP) is 6.11. The van der Waals surface area contributed by atoms with Crippen molar-refractivity contribution >= 4 is 40.1 Å². The lowest BCUT2D eigenvalue weighted by Crippen LogP contribution is -2.36. The molecule has 0 unspecified atom stereocenters. The number of pyridine rings is 1. The lowest BCUT2D eigenvalue weighted by molar-refractivity contribution is 0.127. The third kappa shape index (κ3) is 5.69. The van der Waals surface area contributed by atoms with E-state index in [1.54, 1.807) is 6.07 Å². The third-order valence-electron chi connectivity index (χ3n) is 6.44. The summed E-state index contributed by atoms with van der Waals surface area (Å²) >= 11 is 6.24. The number of carbonyl (C=O) groups is 1. The zero-order valence-electron chi connectivity index (χ0n) is 19.2. The second kappa shape index (κ2) is 10.3. The molecule has 2 N–H and O–H groups in total. The van der Waals surface area contributed by atoms with Gasteiger partial charge in [-0.15, -0.1) is 0 Å². The van der Waals surface area contributed by atoms with E-state index in [-0.39, 0.29) is 0 Å². The summed E-state index contributed by atoms with van der Waals surface area (Å²) < 4.78 is 0. The highest BCUT2D eigenvalue weighted by atomic mass is 35.5. The summed E-state index contributed by atoms with van der Waals surface area (Å²) in [4.78, 5) is 20.3. The molecule has 6 nitrogen and oxygen atoms in total. The molecule has 33 heavy (non-hydrogen) atoms. The van der Waals surface area contributed by atoms with Crippen LogP contribution >= 0.6 is 11.6 Å². The molecule has 1 heterocycles. The molecule has 174 valence electrons. The molecule has 1 aromatic heterocycles. The first-order valence-corrected chi connectivity index (χ1v) is 11.8. The van der Waals surface area contributed by atoms with Gasteiger partial charge in [-0.1, -0.05) is 48.0 Å². The van der Waals surface area contributed by atoms with E-state index in [9.17, 15) is 9.90 Å². The van der Waals surface area contributed by atoms with Crippen LogP contribution in [0.1, 0.15) is 31.2 Å². The van der Waals surface area contributed by atoms with Gasteiger partial charge in [0.1, 0.15) is 5.82 Å². The average Bonchev–Trinajstić information content (AvgIpc) is 2.80. The second-order valence-electron chi connectivity index (χ2n) is 9.05. The molecule has 0 bridgehead atoms. The number of fused-ring (bicyclic) bond motifs is 1. The number of para-hydroxylation sites is 1. The number of nitrogens with zero attached hydrogens (tertiary/aromatic N) is 3. The lowest BCUT2D eigenvalue weighted by atomic mass is 9.85. The number of carboxylic acid groups (broad SMARTS) is 1. The zero-order valence-corrected chi connectivity index (χ0v) is 19.9. The first-order chi connectivity index (χ1) is 15.9. The fraction of sp³-hybridized carbons (Fsp3) is 0.385. The van der Waals surface area contributed by atoms with Crippen molar-refractivity contribution in [2.75, 3.05) is 30.9 Å². The van der Waals surface area contributed by atoms with E-state index >= 15 is 0 Å². The van der Waals surface area contributed by atoms with Crippen LogP contribution in [0.15, 0.2) is 54.6 Å². The molecule has 0 spiro atoms. The van der Waals surface area contributed by atoms with Gasteiger partial charge in [0.2, 0.25) is 0 Å². The maximum Gasteiger partial charge on any atom is 0.407 e. The van der Waals surface area contributed by atoms with E-state index in [1.165, 1.54) is 4.90 Å². The van der Waals surface area contributed by atoms with E-state index in [4.69, 9.17) is 16.6 Å². The Morgan fingerprint density at radius 2 is 1.79 bits per heavy atom. The van der Waals surface area contributed by atoms with Crippen LogP contribution in [-0.2, 0) is 6.54 Å². The van der Waals surface area contributed by atoms with Gasteiger partial charge in [0.05, 0.1) is 12.1 Å². The fourth-order valence-electron chi connectivity index (χ4n) is 4.65. The van der Waals surface area contributed by atoms with Crippen LogP contribution in [0.5, 0.6) is 0 Å². The Morgan fingerprint density at radius 3 is 2.48 bits per heavy atom. The van der Waals surface area contributed by atoms with Crippen molar-refractivity contribution in [2.24, 2.45) is 5.92 Å². The maximum atomic E-state index is 11.8. The maximum absolute atomic E-state index is 11.8. The van der Waals surface area contributed by atoms with Gasteiger partial charge >= 0.3 is 6.09 Å². The molecule has 0 radical (unpaired) electrons. The highest BCUT2D eigenvalue weighted by molar-refractivity contribution is 6.31. The minimum absolute atomic E-state index is 0.321. The number of hydrogen-bond donors (Lipinski definition) is 2. The molecule has 1 fully saturated rings. The van der Waals surface area contributed by atoms with Crippen molar-refractivity contribution in [3.63, 3.8) is 0 Å². The van der Waals surface area contributed by atoms with Crippen molar-refractivity contribution < 1.29 is 9.90 Å². The molecule has 2 aromatic carbocycles. The standard InChI is InChI=1S/C26H31ClN4O2/c1-30(2)24-15-25(29-23-10-6-4-8-21(23)24)28-20-13-11-18(12-14-20)16-31(26(32)33)17-19-7-3-5-9-22(19)27/h3-10,15,18,20H,11-14,16-17H2,1-2H3,(H,28,29)(H,32,33). The van der Waals surface area contributed by atoms with Gasteiger partial charge in [-0.2, -0.15) is 0 Å². The SMILES string of the molecule is CN(C)c1cc(NC2CCC(CN(Cc3ccccc3Cl)C(=O)O)CC2)nc2ccccc12. The van der Waals surface area contributed by atoms with E-state index in [2.05, 4.69) is 22.3 Å². The Bertz CT molecular complexity index is 1110. The molecule has 1 aliphatic carbocycles. The molecule has 4 rings (SSSR count). The molecular weight excluding hydrogens is 436 g/mol. The van der Waals surface area contributed by atoms with E-state index in [1.807, 2.05) is 50.5 Å². The van der Waals surface area contributed by atoms with Gasteiger partial charge in [-0.25, -0.2) is 9.78 Å². The summed E-state index contributed by atoms with van der Waals surface area (Å²) in [6, 6.07) is 18.1. The Morgan fingerprint density at radius 1 is 1.09 bits per heavy atom. The lowest BCUT2D eigenvalue weighted by Gasteiger charge is -2.32. The minimum atomic E-state index is -0.897. The molecule has 0 atom stereocenters. The third-order valence-corrected chi connectivity index (χ3v) is 6.81. The quantitative estimate of drug-likeness (QED) is 0.440. The highest BCUT2D eigenvalue weighted by Crippen LogP contribution is 2.31. The van der Waals surface area contributed by atoms with Crippen LogP contribution in [0.2, 0.25) is 5.02 Å². The Labute approximate surface area is 200 Å². The number of amides is 1. The molecule has 1 saturated carbocycles. The molecule has 7 heteroatoms. The van der Waals surface area contributed by atoms with Crippen molar-refractivity contribution in [3.8, 4) is 0 Å². The smallest absolute Gasteiger partial charge is 0.407 e. The van der Waals surface area contributed by atoms with E-state index in [0.29, 0.717) is 30.1 Å². The summed E-state index contributed by atoms with van der Waals surface area (Å²) in [7, 11) is 4.10. The van der Waals surface area contributed by atoms with Crippen LogP contribution in [0.4, 0.5) is 16.3 Å². The monoisotopic (exact) mass is 466 g/mol. The first-order valence-electron chi connectivity index (χ1n) is 11.5. The number of nitrogens with one attached hydrogen (secondary N) is 1. The summed E-state index contributed by atoms with van der Waals surface area (Å²) in [5, 5.41) is 15.1. The Balaban J connectivity index is 1.37. The number of halogens is 1. The van der Waals surface area contributed by atoms with Crippen LogP contribution in [0.25, 0.3) is 10.9 Å². The van der Waals surface area contributed by atoms with Crippen molar-refractivity contribution in [3.05, 3.63) is 65.2 Å². The Hall–Kier alpha value is -2.99. The normalized spacial score (nSPS) is 18.2. The van der Waals surface area contributed by atoms with Gasteiger partial charge in [0.25, 0.3) is 0 Å². The first kappa shape index (κ1) is 23.2. The van der Waals surface area contributed by atoms with Crippen molar-refractivity contribution in [1.82, 2.24) is 9.88 Å². The van der Waals surface area contributed by atoms with Crippen LogP contribution in [0.3, 0.4) is 0 Å². The molecule has 0 saturated heterocycles. The summed E-state index contributed by atoms with van der Waals surface area (Å²) in [5.74, 6) is 1.25. The van der Waals surface area contributed by atoms with Gasteiger partial charge in [0, 0.05) is 48.8 Å². The largest absolute Gasteiger partial charge is 0.465 e. The average molecular weight is 467 g/mol. The van der Waals surface area contributed by atoms with Gasteiger partial charge in [-0.3, -0.25) is 0 Å². The summed E-state index contributed by atoms with van der Waals surface area (Å²) in [5.41, 5.74) is 2.97. The number of hydrogen-bond acceptors (Lipinski definition) is 4. The topological polar surface area (TPSA) is 68.7 Å². The van der Waals surface area contributed by atoms with Crippen LogP contribution in [-0.4, -0.2) is 47.8 Å². The van der Waals surface area contributed by atoms with Gasteiger partial charge in [-0.05, 0) is 49.3 Å². The Kier molecular flexibility index (Phi) is 7.23. The molecule has 1 aliphatic rings. The van der Waals surface area contributed by atoms with Crippen molar-refractivity contribution in [2.45, 2.75) is 38.3 Å². The van der Waals surface area contributed by atoms with Crippen LogP contribution in [0, 0.1) is 5.92 Å². The minimum Gasteiger partial charge on any atom is -0.465 e. The molecule has 0 aliphatic heterocycles. The number of aromatic nitrogens is 1. The second-order valence-corrected chi connectivity index (χ2v) is 9.46. The molecule has 1 amide bonds. The van der Waals surface area contributed by atoms with Crippen LogP contribution < -0.4 is 10.2 Å². The highest BCUT2D eigenvalue weighted by Gasteiger charge is 2.25. The summed E-state index contributed by atoms with van der Waals surface area (Å²) in [6.07, 6.45) is 3.06. The van der Waals surface area contributed by atoms with E-state index in [0.717, 1.165) is 53.7 Å². The van der Waals surface area contributed by atoms with Crippen molar-refractivity contribution in [1.29, 1.82) is 0 Å². The van der Waals surface area contributed by atoms with Gasteiger partial charge in [0.15, 0.2) is 0 Å². The summed E-state index contributed by atoms with van der Waals surface area (Å²) in [6.45, 7) is 0.855. The zero-order chi connectivity index (χ0) is 23.4. The molecule has 3 aromatic rings. The number of benzene rings is 2. The van der Waals surface area contributed by atoms with E-state index < -0.39 is 6.09 Å². The molecular formula is C26H31ClN4O2. The number of rotatable bonds is 7.